The highest BCUT2D eigenvalue weighted by atomic mass is 32.2. The molecule has 1 aliphatic rings. The van der Waals surface area contributed by atoms with E-state index in [1.807, 2.05) is 26.1 Å². The van der Waals surface area contributed by atoms with Gasteiger partial charge in [0.25, 0.3) is 5.69 Å². The Labute approximate surface area is 170 Å². The first-order chi connectivity index (χ1) is 13.8. The van der Waals surface area contributed by atoms with Crippen molar-refractivity contribution in [1.82, 2.24) is 4.31 Å². The molecule has 0 aliphatic carbocycles. The number of benzene rings is 1. The lowest BCUT2D eigenvalue weighted by Crippen LogP contribution is -3.12. The molecule has 1 aliphatic heterocycles. The molecular formula is C19H27N4O5S+. The van der Waals surface area contributed by atoms with Gasteiger partial charge < -0.3 is 14.6 Å². The van der Waals surface area contributed by atoms with Gasteiger partial charge in [0.15, 0.2) is 0 Å². The number of hydrogen-bond donors (Lipinski definition) is 2. The zero-order valence-electron chi connectivity index (χ0n) is 16.6. The van der Waals surface area contributed by atoms with Crippen LogP contribution in [0.5, 0.6) is 0 Å². The lowest BCUT2D eigenvalue weighted by molar-refractivity contribution is -0.883. The van der Waals surface area contributed by atoms with Crippen LogP contribution in [0.3, 0.4) is 0 Å². The van der Waals surface area contributed by atoms with Crippen LogP contribution in [0, 0.1) is 10.1 Å². The minimum Gasteiger partial charge on any atom is -0.469 e. The van der Waals surface area contributed by atoms with E-state index >= 15 is 0 Å². The van der Waals surface area contributed by atoms with Gasteiger partial charge in [0.1, 0.15) is 11.4 Å². The van der Waals surface area contributed by atoms with Crippen molar-refractivity contribution in [1.29, 1.82) is 0 Å². The zero-order chi connectivity index (χ0) is 21.0. The molecule has 1 fully saturated rings. The summed E-state index contributed by atoms with van der Waals surface area (Å²) in [6, 6.07) is 7.72. The summed E-state index contributed by atoms with van der Waals surface area (Å²) in [5.41, 5.74) is 0.0689. The lowest BCUT2D eigenvalue weighted by atomic mass is 10.1. The summed E-state index contributed by atoms with van der Waals surface area (Å²) in [7, 11) is -1.73. The summed E-state index contributed by atoms with van der Waals surface area (Å²) in [6.07, 6.45) is 3.03. The van der Waals surface area contributed by atoms with Crippen LogP contribution in [0.2, 0.25) is 0 Å². The fourth-order valence-corrected chi connectivity index (χ4v) is 4.82. The summed E-state index contributed by atoms with van der Waals surface area (Å²) < 4.78 is 32.5. The van der Waals surface area contributed by atoms with Crippen LogP contribution in [0.25, 0.3) is 0 Å². The summed E-state index contributed by atoms with van der Waals surface area (Å²) in [4.78, 5) is 12.3. The maximum atomic E-state index is 12.9. The van der Waals surface area contributed by atoms with Crippen molar-refractivity contribution in [3.8, 4) is 0 Å². The molecule has 1 aromatic heterocycles. The highest BCUT2D eigenvalue weighted by Gasteiger charge is 2.31. The molecule has 10 heteroatoms. The molecule has 9 nitrogen and oxygen atoms in total. The van der Waals surface area contributed by atoms with Gasteiger partial charge in [0, 0.05) is 18.5 Å². The number of sulfonamides is 1. The Morgan fingerprint density at radius 2 is 2.03 bits per heavy atom. The Bertz CT molecular complexity index is 938. The van der Waals surface area contributed by atoms with E-state index in [0.29, 0.717) is 44.7 Å². The number of furan rings is 1. The van der Waals surface area contributed by atoms with Crippen LogP contribution in [0.1, 0.15) is 19.1 Å². The molecule has 29 heavy (non-hydrogen) atoms. The summed E-state index contributed by atoms with van der Waals surface area (Å²) in [5, 5.41) is 14.7. The number of nitro benzene ring substituents is 1. The molecule has 1 atom stereocenters. The maximum Gasteiger partial charge on any atom is 0.293 e. The van der Waals surface area contributed by atoms with E-state index in [9.17, 15) is 18.5 Å². The van der Waals surface area contributed by atoms with Crippen LogP contribution in [0.4, 0.5) is 11.4 Å². The fraction of sp³-hybridized carbons (Fsp3) is 0.474. The van der Waals surface area contributed by atoms with E-state index in [1.165, 1.54) is 21.3 Å². The monoisotopic (exact) mass is 423 g/mol. The van der Waals surface area contributed by atoms with Crippen LogP contribution >= 0.6 is 0 Å². The average Bonchev–Trinajstić information content (AvgIpc) is 3.20. The van der Waals surface area contributed by atoms with Gasteiger partial charge in [-0.2, -0.15) is 4.31 Å². The molecule has 158 valence electrons. The van der Waals surface area contributed by atoms with Gasteiger partial charge in [-0.05, 0) is 37.6 Å². The van der Waals surface area contributed by atoms with Gasteiger partial charge in [-0.15, -0.1) is 0 Å². The lowest BCUT2D eigenvalue weighted by Gasteiger charge is -2.29. The third-order valence-electron chi connectivity index (χ3n) is 5.19. The number of aryl methyl sites for hydroxylation is 1. The zero-order valence-corrected chi connectivity index (χ0v) is 17.4. The molecule has 2 aromatic rings. The van der Waals surface area contributed by atoms with E-state index in [1.54, 1.807) is 6.26 Å². The highest BCUT2D eigenvalue weighted by Crippen LogP contribution is 2.30. The minimum absolute atomic E-state index is 0.0439. The van der Waals surface area contributed by atoms with E-state index in [4.69, 9.17) is 4.42 Å². The minimum atomic E-state index is -3.75. The SMILES string of the molecule is C[C@H](CCc1ccco1)Nc1ccc(S(=O)(=O)N2CC[NH+](C)CC2)cc1[N+](=O)[O-]. The van der Waals surface area contributed by atoms with Crippen molar-refractivity contribution in [2.24, 2.45) is 0 Å². The summed E-state index contributed by atoms with van der Waals surface area (Å²) >= 11 is 0. The average molecular weight is 424 g/mol. The number of nitrogens with one attached hydrogen (secondary N) is 2. The first-order valence-corrected chi connectivity index (χ1v) is 11.1. The predicted octanol–water partition coefficient (Wildman–Crippen LogP) is 1.14. The van der Waals surface area contributed by atoms with Crippen LogP contribution in [-0.4, -0.2) is 56.9 Å². The molecule has 0 saturated carbocycles. The van der Waals surface area contributed by atoms with Crippen molar-refractivity contribution in [3.05, 3.63) is 52.5 Å². The van der Waals surface area contributed by atoms with Crippen molar-refractivity contribution < 1.29 is 22.7 Å². The molecule has 0 radical (unpaired) electrons. The molecule has 2 heterocycles. The van der Waals surface area contributed by atoms with Gasteiger partial charge in [0.2, 0.25) is 10.0 Å². The van der Waals surface area contributed by atoms with E-state index in [-0.39, 0.29) is 16.6 Å². The number of nitro groups is 1. The first kappa shape index (κ1) is 21.3. The van der Waals surface area contributed by atoms with Crippen molar-refractivity contribution >= 4 is 21.4 Å². The van der Waals surface area contributed by atoms with Gasteiger partial charge in [-0.3, -0.25) is 10.1 Å². The van der Waals surface area contributed by atoms with E-state index in [2.05, 4.69) is 5.32 Å². The molecular weight excluding hydrogens is 396 g/mol. The molecule has 1 saturated heterocycles. The Balaban J connectivity index is 1.75. The quantitative estimate of drug-likeness (QED) is 0.487. The number of anilines is 1. The van der Waals surface area contributed by atoms with Gasteiger partial charge in [0.05, 0.1) is 49.3 Å². The fourth-order valence-electron chi connectivity index (χ4n) is 3.35. The van der Waals surface area contributed by atoms with Gasteiger partial charge in [-0.1, -0.05) is 0 Å². The molecule has 0 bridgehead atoms. The molecule has 3 rings (SSSR count). The number of hydrogen-bond acceptors (Lipinski definition) is 6. The normalized spacial score (nSPS) is 17.2. The second-order valence-electron chi connectivity index (χ2n) is 7.46. The largest absolute Gasteiger partial charge is 0.469 e. The number of rotatable bonds is 8. The Hall–Kier alpha value is -2.43. The Morgan fingerprint density at radius 3 is 2.66 bits per heavy atom. The smallest absolute Gasteiger partial charge is 0.293 e. The van der Waals surface area contributed by atoms with Crippen molar-refractivity contribution in [2.45, 2.75) is 30.7 Å². The van der Waals surface area contributed by atoms with E-state index in [0.717, 1.165) is 11.8 Å². The Kier molecular flexibility index (Phi) is 6.56. The van der Waals surface area contributed by atoms with E-state index < -0.39 is 14.9 Å². The third-order valence-corrected chi connectivity index (χ3v) is 7.08. The van der Waals surface area contributed by atoms with Crippen LogP contribution in [-0.2, 0) is 16.4 Å². The van der Waals surface area contributed by atoms with Gasteiger partial charge >= 0.3 is 0 Å². The number of nitrogens with zero attached hydrogens (tertiary/aromatic N) is 2. The predicted molar refractivity (Wildman–Crippen MR) is 109 cm³/mol. The Morgan fingerprint density at radius 1 is 1.31 bits per heavy atom. The molecule has 0 unspecified atom stereocenters. The second-order valence-corrected chi connectivity index (χ2v) is 9.40. The summed E-state index contributed by atoms with van der Waals surface area (Å²) in [6.45, 7) is 4.17. The molecule has 0 spiro atoms. The third kappa shape index (κ3) is 5.14. The molecule has 0 amide bonds. The first-order valence-electron chi connectivity index (χ1n) is 9.66. The number of piperazine rings is 1. The van der Waals surface area contributed by atoms with Crippen LogP contribution < -0.4 is 10.2 Å². The standard InChI is InChI=1S/C19H26N4O5S/c1-15(5-6-16-4-3-13-28-16)20-18-8-7-17(14-19(18)23(24)25)29(26,27)22-11-9-21(2)10-12-22/h3-4,7-8,13-15,20H,5-6,9-12H2,1-2H3/p+1/t15-/m1/s1. The summed E-state index contributed by atoms with van der Waals surface area (Å²) in [5.74, 6) is 0.851. The molecule has 2 N–H and O–H groups in total. The number of likely N-dealkylation sites (N-methyl/N-ethyl adjacent to an activating group) is 1. The maximum absolute atomic E-state index is 12.9. The molecule has 1 aromatic carbocycles. The van der Waals surface area contributed by atoms with Crippen molar-refractivity contribution in [3.63, 3.8) is 0 Å². The highest BCUT2D eigenvalue weighted by molar-refractivity contribution is 7.89. The second kappa shape index (κ2) is 8.93. The van der Waals surface area contributed by atoms with Crippen molar-refractivity contribution in [2.75, 3.05) is 38.5 Å². The topological polar surface area (TPSA) is 110 Å². The number of quaternary nitrogens is 1. The van der Waals surface area contributed by atoms with Crippen LogP contribution in [0.15, 0.2) is 45.9 Å². The van der Waals surface area contributed by atoms with Gasteiger partial charge in [-0.25, -0.2) is 8.42 Å².